The number of aliphatic carboxylic acids is 1. The van der Waals surface area contributed by atoms with E-state index in [1.165, 1.54) is 21.2 Å². The average molecular weight is 617 g/mol. The molecule has 0 aliphatic carbocycles. The highest BCUT2D eigenvalue weighted by atomic mass is 32.2. The largest absolute Gasteiger partial charge is 0.481 e. The Bertz CT molecular complexity index is 1370. The van der Waals surface area contributed by atoms with Crippen molar-refractivity contribution in [2.45, 2.75) is 71.2 Å². The maximum atomic E-state index is 13.0. The van der Waals surface area contributed by atoms with Crippen molar-refractivity contribution in [3.05, 3.63) is 75.8 Å². The lowest BCUT2D eigenvalue weighted by Crippen LogP contribution is -2.37. The summed E-state index contributed by atoms with van der Waals surface area (Å²) in [5.74, 6) is -0.327. The van der Waals surface area contributed by atoms with Gasteiger partial charge in [-0.1, -0.05) is 70.5 Å². The molecule has 0 fully saturated rings. The SMILES string of the molecule is CC(C)c1ccc(CNC=O)cc1.CCCc1ccc(S(=O)(=O)N(CC)CCN(C)c2nc(C)c(CC(=O)O)s2)cc1. The van der Waals surface area contributed by atoms with Crippen molar-refractivity contribution in [1.29, 1.82) is 0 Å². The molecule has 1 heterocycles. The number of carbonyl (C=O) groups excluding carboxylic acids is 1. The van der Waals surface area contributed by atoms with Crippen molar-refractivity contribution in [3.63, 3.8) is 0 Å². The number of hydrogen-bond donors (Lipinski definition) is 2. The summed E-state index contributed by atoms with van der Waals surface area (Å²) in [4.78, 5) is 28.3. The van der Waals surface area contributed by atoms with Gasteiger partial charge in [-0.05, 0) is 48.1 Å². The zero-order valence-electron chi connectivity index (χ0n) is 25.5. The molecule has 0 saturated carbocycles. The number of thiazole rings is 1. The number of carbonyl (C=O) groups is 2. The van der Waals surface area contributed by atoms with Crippen LogP contribution in [0.1, 0.15) is 67.3 Å². The number of carboxylic acids is 1. The molecule has 2 N–H and O–H groups in total. The molecule has 0 radical (unpaired) electrons. The first-order chi connectivity index (χ1) is 19.9. The second-order valence-electron chi connectivity index (χ2n) is 10.3. The molecule has 0 spiro atoms. The number of hydrogen-bond acceptors (Lipinski definition) is 7. The van der Waals surface area contributed by atoms with Gasteiger partial charge in [0.15, 0.2) is 5.13 Å². The van der Waals surface area contributed by atoms with Crippen LogP contribution >= 0.6 is 11.3 Å². The zero-order chi connectivity index (χ0) is 31.3. The quantitative estimate of drug-likeness (QED) is 0.224. The van der Waals surface area contributed by atoms with E-state index in [9.17, 15) is 18.0 Å². The Morgan fingerprint density at radius 1 is 1.05 bits per heavy atom. The third kappa shape index (κ3) is 10.5. The molecular formula is C31H44N4O5S2. The van der Waals surface area contributed by atoms with Crippen LogP contribution in [-0.4, -0.2) is 61.9 Å². The van der Waals surface area contributed by atoms with Gasteiger partial charge in [0.1, 0.15) is 0 Å². The second-order valence-corrected chi connectivity index (χ2v) is 13.3. The number of aryl methyl sites for hydroxylation is 2. The van der Waals surface area contributed by atoms with Crippen molar-refractivity contribution in [2.24, 2.45) is 0 Å². The van der Waals surface area contributed by atoms with Gasteiger partial charge >= 0.3 is 5.97 Å². The van der Waals surface area contributed by atoms with E-state index in [-0.39, 0.29) is 6.42 Å². The van der Waals surface area contributed by atoms with Crippen LogP contribution in [0, 0.1) is 6.92 Å². The number of anilines is 1. The Kier molecular flexibility index (Phi) is 14.1. The van der Waals surface area contributed by atoms with Gasteiger partial charge in [0.25, 0.3) is 0 Å². The van der Waals surface area contributed by atoms with Crippen molar-refractivity contribution < 1.29 is 23.1 Å². The standard InChI is InChI=1S/C20H29N3O4S2.C11H15NO/c1-5-7-16-8-10-17(11-9-16)29(26,27)23(6-2)13-12-22(4)20-21-15(3)18(28-20)14-19(24)25;1-9(2)11-5-3-10(4-6-11)7-12-8-13/h8-11H,5-7,12-14H2,1-4H3,(H,24,25);3-6,8-9H,7H2,1-2H3,(H,12,13). The molecule has 0 unspecified atom stereocenters. The fourth-order valence-electron chi connectivity index (χ4n) is 4.13. The van der Waals surface area contributed by atoms with Gasteiger partial charge in [-0.15, -0.1) is 11.3 Å². The summed E-state index contributed by atoms with van der Waals surface area (Å²) in [6.45, 7) is 11.8. The van der Waals surface area contributed by atoms with Crippen LogP contribution in [0.3, 0.4) is 0 Å². The first-order valence-electron chi connectivity index (χ1n) is 14.2. The molecule has 2 aromatic carbocycles. The molecule has 0 saturated heterocycles. The summed E-state index contributed by atoms with van der Waals surface area (Å²) in [5.41, 5.74) is 4.29. The molecule has 3 aromatic rings. The number of nitrogens with one attached hydrogen (secondary N) is 1. The smallest absolute Gasteiger partial charge is 0.308 e. The first-order valence-corrected chi connectivity index (χ1v) is 16.4. The van der Waals surface area contributed by atoms with Crippen molar-refractivity contribution in [3.8, 4) is 0 Å². The number of benzene rings is 2. The lowest BCUT2D eigenvalue weighted by molar-refractivity contribution is -0.136. The van der Waals surface area contributed by atoms with Crippen LogP contribution in [-0.2, 0) is 39.0 Å². The van der Waals surface area contributed by atoms with E-state index < -0.39 is 16.0 Å². The Balaban J connectivity index is 0.000000395. The number of amides is 1. The number of carboxylic acid groups (broad SMARTS) is 1. The van der Waals surface area contributed by atoms with Crippen LogP contribution in [0.2, 0.25) is 0 Å². The molecule has 1 aromatic heterocycles. The van der Waals surface area contributed by atoms with Crippen molar-refractivity contribution >= 4 is 38.9 Å². The highest BCUT2D eigenvalue weighted by Gasteiger charge is 2.24. The summed E-state index contributed by atoms with van der Waals surface area (Å²) in [7, 11) is -1.73. The molecule has 0 atom stereocenters. The molecule has 42 heavy (non-hydrogen) atoms. The zero-order valence-corrected chi connectivity index (χ0v) is 27.1. The molecule has 0 bridgehead atoms. The lowest BCUT2D eigenvalue weighted by atomic mass is 10.0. The minimum absolute atomic E-state index is 0.0547. The summed E-state index contributed by atoms with van der Waals surface area (Å²) >= 11 is 1.33. The first kappa shape index (κ1) is 34.9. The van der Waals surface area contributed by atoms with Gasteiger partial charge in [0.05, 0.1) is 17.0 Å². The Morgan fingerprint density at radius 2 is 1.67 bits per heavy atom. The molecule has 9 nitrogen and oxygen atoms in total. The minimum Gasteiger partial charge on any atom is -0.481 e. The van der Waals surface area contributed by atoms with Gasteiger partial charge in [-0.2, -0.15) is 4.31 Å². The third-order valence-electron chi connectivity index (χ3n) is 6.69. The fourth-order valence-corrected chi connectivity index (χ4v) is 6.61. The van der Waals surface area contributed by atoms with Crippen LogP contribution in [0.4, 0.5) is 5.13 Å². The Hall–Kier alpha value is -3.28. The third-order valence-corrected chi connectivity index (χ3v) is 9.95. The number of sulfonamides is 1. The van der Waals surface area contributed by atoms with Gasteiger partial charge in [0, 0.05) is 38.1 Å². The summed E-state index contributed by atoms with van der Waals surface area (Å²) in [5, 5.41) is 12.3. The van der Waals surface area contributed by atoms with E-state index in [1.807, 2.05) is 43.1 Å². The molecule has 230 valence electrons. The minimum atomic E-state index is -3.57. The number of likely N-dealkylation sites (N-methyl/N-ethyl adjacent to an activating group) is 2. The normalized spacial score (nSPS) is 11.2. The van der Waals surface area contributed by atoms with Gasteiger partial charge in [0.2, 0.25) is 16.4 Å². The average Bonchev–Trinajstić information content (AvgIpc) is 3.32. The van der Waals surface area contributed by atoms with E-state index in [0.717, 1.165) is 30.4 Å². The van der Waals surface area contributed by atoms with Crippen molar-refractivity contribution in [1.82, 2.24) is 14.6 Å². The highest BCUT2D eigenvalue weighted by Crippen LogP contribution is 2.26. The summed E-state index contributed by atoms with van der Waals surface area (Å²) < 4.78 is 27.4. The maximum absolute atomic E-state index is 13.0. The molecule has 1 amide bonds. The summed E-state index contributed by atoms with van der Waals surface area (Å²) in [6, 6.07) is 15.4. The Morgan fingerprint density at radius 3 is 2.19 bits per heavy atom. The van der Waals surface area contributed by atoms with Crippen LogP contribution < -0.4 is 10.2 Å². The predicted octanol–water partition coefficient (Wildman–Crippen LogP) is 5.23. The summed E-state index contributed by atoms with van der Waals surface area (Å²) in [6.07, 6.45) is 2.61. The predicted molar refractivity (Wildman–Crippen MR) is 170 cm³/mol. The van der Waals surface area contributed by atoms with Gasteiger partial charge in [-0.3, -0.25) is 9.59 Å². The monoisotopic (exact) mass is 616 g/mol. The molecule has 0 aliphatic rings. The Labute approximate surface area is 254 Å². The van der Waals surface area contributed by atoms with E-state index in [4.69, 9.17) is 5.11 Å². The van der Waals surface area contributed by atoms with Gasteiger partial charge in [-0.25, -0.2) is 13.4 Å². The number of aromatic nitrogens is 1. The van der Waals surface area contributed by atoms with Crippen LogP contribution in [0.15, 0.2) is 53.4 Å². The number of nitrogens with zero attached hydrogens (tertiary/aromatic N) is 3. The van der Waals surface area contributed by atoms with E-state index in [0.29, 0.717) is 52.7 Å². The lowest BCUT2D eigenvalue weighted by Gasteiger charge is -2.24. The molecular weight excluding hydrogens is 572 g/mol. The molecule has 11 heteroatoms. The van der Waals surface area contributed by atoms with Crippen molar-refractivity contribution in [2.75, 3.05) is 31.6 Å². The number of rotatable bonds is 15. The topological polar surface area (TPSA) is 120 Å². The van der Waals surface area contributed by atoms with E-state index >= 15 is 0 Å². The van der Waals surface area contributed by atoms with Crippen LogP contribution in [0.25, 0.3) is 0 Å². The van der Waals surface area contributed by atoms with Crippen LogP contribution in [0.5, 0.6) is 0 Å². The highest BCUT2D eigenvalue weighted by molar-refractivity contribution is 7.89. The molecule has 0 aliphatic heterocycles. The van der Waals surface area contributed by atoms with Gasteiger partial charge < -0.3 is 15.3 Å². The van der Waals surface area contributed by atoms with E-state index in [2.05, 4.69) is 43.2 Å². The fraction of sp³-hybridized carbons (Fsp3) is 0.452. The maximum Gasteiger partial charge on any atom is 0.308 e. The van der Waals surface area contributed by atoms with E-state index in [1.54, 1.807) is 19.1 Å². The second kappa shape index (κ2) is 17.0. The molecule has 3 rings (SSSR count).